The summed E-state index contributed by atoms with van der Waals surface area (Å²) in [5, 5.41) is 19.9. The summed E-state index contributed by atoms with van der Waals surface area (Å²) in [4.78, 5) is 0. The van der Waals surface area contributed by atoms with Crippen molar-refractivity contribution in [2.24, 2.45) is 0 Å². The Morgan fingerprint density at radius 1 is 1.12 bits per heavy atom. The molecule has 0 saturated carbocycles. The average molecular weight is 222 g/mol. The standard InChI is InChI=1S/C13H18O3/c1-7-8(2)12-10(9(3)11(7)14)5-6-13(4,15)16-12/h14-15H,5-6H2,1-4H3. The van der Waals surface area contributed by atoms with Gasteiger partial charge in [-0.3, -0.25) is 0 Å². The summed E-state index contributed by atoms with van der Waals surface area (Å²) >= 11 is 0. The van der Waals surface area contributed by atoms with E-state index < -0.39 is 5.79 Å². The van der Waals surface area contributed by atoms with Gasteiger partial charge in [0.2, 0.25) is 5.79 Å². The highest BCUT2D eigenvalue weighted by molar-refractivity contribution is 5.58. The summed E-state index contributed by atoms with van der Waals surface area (Å²) < 4.78 is 5.61. The molecule has 0 fully saturated rings. The fourth-order valence-corrected chi connectivity index (χ4v) is 2.24. The van der Waals surface area contributed by atoms with Crippen LogP contribution in [0.3, 0.4) is 0 Å². The van der Waals surface area contributed by atoms with Gasteiger partial charge in [-0.15, -0.1) is 0 Å². The van der Waals surface area contributed by atoms with E-state index >= 15 is 0 Å². The fraction of sp³-hybridized carbons (Fsp3) is 0.538. The van der Waals surface area contributed by atoms with E-state index in [1.165, 1.54) is 0 Å². The van der Waals surface area contributed by atoms with E-state index in [9.17, 15) is 10.2 Å². The number of aromatic hydroxyl groups is 1. The molecule has 1 aliphatic rings. The first-order chi connectivity index (χ1) is 7.33. The lowest BCUT2D eigenvalue weighted by molar-refractivity contribution is -0.134. The molecule has 0 amide bonds. The second kappa shape index (κ2) is 3.39. The molecule has 3 nitrogen and oxygen atoms in total. The van der Waals surface area contributed by atoms with Crippen molar-refractivity contribution < 1.29 is 14.9 Å². The van der Waals surface area contributed by atoms with Gasteiger partial charge in [0.1, 0.15) is 11.5 Å². The molecule has 1 heterocycles. The Balaban J connectivity index is 2.65. The van der Waals surface area contributed by atoms with E-state index in [1.807, 2.05) is 20.8 Å². The highest BCUT2D eigenvalue weighted by Crippen LogP contribution is 2.42. The molecule has 1 unspecified atom stereocenters. The molecule has 2 rings (SSSR count). The number of phenols is 1. The summed E-state index contributed by atoms with van der Waals surface area (Å²) in [5.74, 6) is -0.00130. The Labute approximate surface area is 95.7 Å². The van der Waals surface area contributed by atoms with Crippen LogP contribution in [0.15, 0.2) is 0 Å². The van der Waals surface area contributed by atoms with Crippen molar-refractivity contribution >= 4 is 0 Å². The molecule has 0 aromatic heterocycles. The van der Waals surface area contributed by atoms with Crippen LogP contribution in [0.1, 0.15) is 35.6 Å². The molecule has 0 aliphatic carbocycles. The number of benzene rings is 1. The lowest BCUT2D eigenvalue weighted by atomic mass is 9.91. The van der Waals surface area contributed by atoms with Crippen LogP contribution in [-0.4, -0.2) is 16.0 Å². The third-order valence-electron chi connectivity index (χ3n) is 3.50. The first-order valence-electron chi connectivity index (χ1n) is 5.56. The molecule has 0 spiro atoms. The van der Waals surface area contributed by atoms with Gasteiger partial charge >= 0.3 is 0 Å². The number of aliphatic hydroxyl groups is 1. The van der Waals surface area contributed by atoms with Gasteiger partial charge in [-0.25, -0.2) is 0 Å². The number of fused-ring (bicyclic) bond motifs is 1. The average Bonchev–Trinajstić information content (AvgIpc) is 2.22. The summed E-state index contributed by atoms with van der Waals surface area (Å²) in [7, 11) is 0. The van der Waals surface area contributed by atoms with Gasteiger partial charge in [0.05, 0.1) is 0 Å². The topological polar surface area (TPSA) is 49.7 Å². The van der Waals surface area contributed by atoms with E-state index in [2.05, 4.69) is 0 Å². The molecule has 16 heavy (non-hydrogen) atoms. The molecule has 0 saturated heterocycles. The molecule has 1 aromatic rings. The predicted molar refractivity (Wildman–Crippen MR) is 61.9 cm³/mol. The quantitative estimate of drug-likeness (QED) is 0.708. The molecular weight excluding hydrogens is 204 g/mol. The zero-order chi connectivity index (χ0) is 12.1. The molecule has 0 bridgehead atoms. The van der Waals surface area contributed by atoms with Crippen molar-refractivity contribution in [2.45, 2.75) is 46.3 Å². The fourth-order valence-electron chi connectivity index (χ4n) is 2.24. The minimum absolute atomic E-state index is 0.349. The van der Waals surface area contributed by atoms with E-state index in [0.717, 1.165) is 34.4 Å². The van der Waals surface area contributed by atoms with Gasteiger partial charge in [-0.05, 0) is 43.9 Å². The molecule has 3 heteroatoms. The highest BCUT2D eigenvalue weighted by atomic mass is 16.6. The minimum atomic E-state index is -1.09. The van der Waals surface area contributed by atoms with Crippen LogP contribution in [0, 0.1) is 20.8 Å². The number of ether oxygens (including phenoxy) is 1. The van der Waals surface area contributed by atoms with Gasteiger partial charge in [0, 0.05) is 18.9 Å². The summed E-state index contributed by atoms with van der Waals surface area (Å²) in [6.07, 6.45) is 1.30. The maximum atomic E-state index is 9.96. The Bertz CT molecular complexity index is 447. The monoisotopic (exact) mass is 222 g/mol. The van der Waals surface area contributed by atoms with Crippen molar-refractivity contribution in [1.29, 1.82) is 0 Å². The maximum Gasteiger partial charge on any atom is 0.205 e. The first-order valence-corrected chi connectivity index (χ1v) is 5.56. The van der Waals surface area contributed by atoms with Crippen molar-refractivity contribution in [2.75, 3.05) is 0 Å². The molecule has 1 atom stereocenters. The second-order valence-corrected chi connectivity index (χ2v) is 4.81. The summed E-state index contributed by atoms with van der Waals surface area (Å²) in [5.41, 5.74) is 3.63. The van der Waals surface area contributed by atoms with Crippen molar-refractivity contribution in [3.63, 3.8) is 0 Å². The lowest BCUT2D eigenvalue weighted by Gasteiger charge is -2.33. The summed E-state index contributed by atoms with van der Waals surface area (Å²) in [6, 6.07) is 0. The van der Waals surface area contributed by atoms with E-state index in [-0.39, 0.29) is 0 Å². The van der Waals surface area contributed by atoms with Crippen LogP contribution >= 0.6 is 0 Å². The third-order valence-corrected chi connectivity index (χ3v) is 3.50. The molecule has 0 radical (unpaired) electrons. The molecule has 1 aromatic carbocycles. The maximum absolute atomic E-state index is 9.96. The van der Waals surface area contributed by atoms with Crippen molar-refractivity contribution in [3.8, 4) is 11.5 Å². The van der Waals surface area contributed by atoms with E-state index in [0.29, 0.717) is 12.2 Å². The van der Waals surface area contributed by atoms with Gasteiger partial charge in [-0.1, -0.05) is 0 Å². The minimum Gasteiger partial charge on any atom is -0.507 e. The van der Waals surface area contributed by atoms with Crippen molar-refractivity contribution in [3.05, 3.63) is 22.3 Å². The zero-order valence-electron chi connectivity index (χ0n) is 10.2. The first kappa shape index (κ1) is 11.3. The van der Waals surface area contributed by atoms with Crippen LogP contribution in [-0.2, 0) is 6.42 Å². The van der Waals surface area contributed by atoms with Gasteiger partial charge in [0.15, 0.2) is 0 Å². The highest BCUT2D eigenvalue weighted by Gasteiger charge is 2.32. The Morgan fingerprint density at radius 2 is 1.75 bits per heavy atom. The Hall–Kier alpha value is -1.22. The van der Waals surface area contributed by atoms with E-state index in [1.54, 1.807) is 6.92 Å². The SMILES string of the molecule is Cc1c(C)c2c(c(C)c1O)CCC(C)(O)O2. The largest absolute Gasteiger partial charge is 0.507 e. The Kier molecular flexibility index (Phi) is 2.39. The van der Waals surface area contributed by atoms with Crippen molar-refractivity contribution in [1.82, 2.24) is 0 Å². The Morgan fingerprint density at radius 3 is 2.38 bits per heavy atom. The third kappa shape index (κ3) is 1.55. The molecule has 88 valence electrons. The zero-order valence-corrected chi connectivity index (χ0v) is 10.2. The number of hydrogen-bond donors (Lipinski definition) is 2. The number of rotatable bonds is 0. The second-order valence-electron chi connectivity index (χ2n) is 4.81. The normalized spacial score (nSPS) is 23.8. The van der Waals surface area contributed by atoms with Crippen LogP contribution in [0.2, 0.25) is 0 Å². The van der Waals surface area contributed by atoms with Crippen LogP contribution in [0.25, 0.3) is 0 Å². The number of hydrogen-bond acceptors (Lipinski definition) is 3. The van der Waals surface area contributed by atoms with Gasteiger partial charge < -0.3 is 14.9 Å². The predicted octanol–water partition coefficient (Wildman–Crippen LogP) is 2.35. The van der Waals surface area contributed by atoms with Crippen LogP contribution in [0.4, 0.5) is 0 Å². The molecule has 1 aliphatic heterocycles. The number of phenolic OH excluding ortho intramolecular Hbond substituents is 1. The lowest BCUT2D eigenvalue weighted by Crippen LogP contribution is -2.36. The van der Waals surface area contributed by atoms with E-state index in [4.69, 9.17) is 4.74 Å². The summed E-state index contributed by atoms with van der Waals surface area (Å²) in [6.45, 7) is 7.34. The van der Waals surface area contributed by atoms with Gasteiger partial charge in [0.25, 0.3) is 0 Å². The molecular formula is C13H18O3. The van der Waals surface area contributed by atoms with Crippen LogP contribution < -0.4 is 4.74 Å². The van der Waals surface area contributed by atoms with Gasteiger partial charge in [-0.2, -0.15) is 0 Å². The van der Waals surface area contributed by atoms with Crippen LogP contribution in [0.5, 0.6) is 11.5 Å². The smallest absolute Gasteiger partial charge is 0.205 e. The molecule has 2 N–H and O–H groups in total.